The second-order valence-corrected chi connectivity index (χ2v) is 10.9. The molecule has 8 aromatic rings. The van der Waals surface area contributed by atoms with Gasteiger partial charge in [-0.05, 0) is 63.5 Å². The van der Waals surface area contributed by atoms with Gasteiger partial charge >= 0.3 is 0 Å². The monoisotopic (exact) mass is 523 g/mol. The third kappa shape index (κ3) is 3.25. The van der Waals surface area contributed by atoms with Crippen LogP contribution in [-0.2, 0) is 0 Å². The highest BCUT2D eigenvalue weighted by atomic mass is 16.5. The Labute approximate surface area is 237 Å². The van der Waals surface area contributed by atoms with E-state index in [0.29, 0.717) is 0 Å². The summed E-state index contributed by atoms with van der Waals surface area (Å²) in [5, 5.41) is 7.45. The second kappa shape index (κ2) is 8.58. The van der Waals surface area contributed by atoms with Crippen molar-refractivity contribution >= 4 is 43.4 Å². The molecule has 9 rings (SSSR count). The molecule has 192 valence electrons. The normalized spacial score (nSPS) is 13.0. The summed E-state index contributed by atoms with van der Waals surface area (Å²) < 4.78 is 9.06. The molecule has 0 atom stereocenters. The molecule has 0 unspecified atom stereocenters. The highest BCUT2D eigenvalue weighted by Gasteiger charge is 2.32. The standard InChI is InChI=1S/C39H25NO/c1-3-14-29-25(10-1)20-22-35-38(29)37(39-30-15-4-2-11-26(30)21-23-36(39)41-35)27-12-9-13-28(24-27)40-33-18-7-5-16-31(33)32-17-6-8-19-34(32)40/h1-24,37H. The van der Waals surface area contributed by atoms with Gasteiger partial charge < -0.3 is 9.30 Å². The van der Waals surface area contributed by atoms with Crippen molar-refractivity contribution in [2.24, 2.45) is 0 Å². The van der Waals surface area contributed by atoms with Crippen molar-refractivity contribution in [2.75, 3.05) is 0 Å². The Kier molecular flexibility index (Phi) is 4.70. The molecule has 2 heteroatoms. The maximum atomic E-state index is 6.66. The van der Waals surface area contributed by atoms with Crippen LogP contribution in [0.15, 0.2) is 146 Å². The van der Waals surface area contributed by atoms with Crippen LogP contribution in [0.2, 0.25) is 0 Å². The van der Waals surface area contributed by atoms with E-state index in [1.54, 1.807) is 0 Å². The zero-order chi connectivity index (χ0) is 26.9. The molecule has 0 radical (unpaired) electrons. The van der Waals surface area contributed by atoms with Gasteiger partial charge in [0.1, 0.15) is 11.5 Å². The fraction of sp³-hybridized carbons (Fsp3) is 0.0256. The smallest absolute Gasteiger partial charge is 0.132 e. The van der Waals surface area contributed by atoms with Crippen molar-refractivity contribution in [1.29, 1.82) is 0 Å². The van der Waals surface area contributed by atoms with Crippen LogP contribution in [0.1, 0.15) is 22.6 Å². The van der Waals surface area contributed by atoms with Gasteiger partial charge in [0.25, 0.3) is 0 Å². The van der Waals surface area contributed by atoms with E-state index in [9.17, 15) is 0 Å². The Hall–Kier alpha value is -5.34. The van der Waals surface area contributed by atoms with Crippen LogP contribution in [0.5, 0.6) is 11.5 Å². The predicted molar refractivity (Wildman–Crippen MR) is 170 cm³/mol. The number of benzene rings is 7. The van der Waals surface area contributed by atoms with Crippen molar-refractivity contribution in [3.8, 4) is 17.2 Å². The van der Waals surface area contributed by atoms with E-state index in [-0.39, 0.29) is 5.92 Å². The first-order valence-electron chi connectivity index (χ1n) is 14.1. The average Bonchev–Trinajstić information content (AvgIpc) is 3.38. The van der Waals surface area contributed by atoms with Gasteiger partial charge in [0.05, 0.1) is 11.0 Å². The number of ether oxygens (including phenoxy) is 1. The van der Waals surface area contributed by atoms with Crippen LogP contribution in [0.3, 0.4) is 0 Å². The molecule has 7 aromatic carbocycles. The Morgan fingerprint density at radius 3 is 1.54 bits per heavy atom. The van der Waals surface area contributed by atoms with Crippen LogP contribution >= 0.6 is 0 Å². The summed E-state index contributed by atoms with van der Waals surface area (Å²) in [6, 6.07) is 52.5. The van der Waals surface area contributed by atoms with Crippen LogP contribution in [0, 0.1) is 0 Å². The van der Waals surface area contributed by atoms with Gasteiger partial charge in [-0.2, -0.15) is 0 Å². The Morgan fingerprint density at radius 1 is 0.439 bits per heavy atom. The number of nitrogens with zero attached hydrogens (tertiary/aromatic N) is 1. The van der Waals surface area contributed by atoms with E-state index in [1.165, 1.54) is 60.0 Å². The van der Waals surface area contributed by atoms with E-state index < -0.39 is 0 Å². The first-order chi connectivity index (χ1) is 20.3. The van der Waals surface area contributed by atoms with E-state index in [1.807, 2.05) is 0 Å². The van der Waals surface area contributed by atoms with Crippen molar-refractivity contribution in [3.05, 3.63) is 162 Å². The van der Waals surface area contributed by atoms with Gasteiger partial charge in [0.15, 0.2) is 0 Å². The molecule has 0 N–H and O–H groups in total. The summed E-state index contributed by atoms with van der Waals surface area (Å²) in [6.45, 7) is 0. The highest BCUT2D eigenvalue weighted by molar-refractivity contribution is 6.09. The van der Waals surface area contributed by atoms with Crippen molar-refractivity contribution in [2.45, 2.75) is 5.92 Å². The summed E-state index contributed by atoms with van der Waals surface area (Å²) in [4.78, 5) is 0. The first kappa shape index (κ1) is 22.5. The van der Waals surface area contributed by atoms with Gasteiger partial charge in [-0.3, -0.25) is 0 Å². The molecule has 0 fully saturated rings. The maximum absolute atomic E-state index is 6.66. The van der Waals surface area contributed by atoms with E-state index in [4.69, 9.17) is 4.74 Å². The lowest BCUT2D eigenvalue weighted by molar-refractivity contribution is 0.456. The molecule has 0 bridgehead atoms. The van der Waals surface area contributed by atoms with E-state index >= 15 is 0 Å². The SMILES string of the molecule is c1cc(C2c3c(ccc4ccccc34)Oc3ccc4ccccc4c32)cc(-n2c3ccccc3c3ccccc32)c1. The highest BCUT2D eigenvalue weighted by Crippen LogP contribution is 2.52. The molecule has 0 aliphatic carbocycles. The largest absolute Gasteiger partial charge is 0.457 e. The lowest BCUT2D eigenvalue weighted by atomic mass is 9.78. The molecule has 1 aliphatic heterocycles. The second-order valence-electron chi connectivity index (χ2n) is 10.9. The summed E-state index contributed by atoms with van der Waals surface area (Å²) in [6.07, 6.45) is 0. The molecule has 1 aliphatic rings. The molecule has 2 nitrogen and oxygen atoms in total. The molecule has 0 amide bonds. The first-order valence-corrected chi connectivity index (χ1v) is 14.1. The van der Waals surface area contributed by atoms with Gasteiger partial charge in [-0.1, -0.05) is 109 Å². The lowest BCUT2D eigenvalue weighted by Gasteiger charge is -2.31. The number of hydrogen-bond donors (Lipinski definition) is 0. The lowest BCUT2D eigenvalue weighted by Crippen LogP contribution is -2.13. The molecule has 0 saturated carbocycles. The third-order valence-corrected chi connectivity index (χ3v) is 8.70. The van der Waals surface area contributed by atoms with Gasteiger partial charge in [-0.15, -0.1) is 0 Å². The molecule has 0 saturated heterocycles. The minimum absolute atomic E-state index is 0.0130. The van der Waals surface area contributed by atoms with Crippen LogP contribution in [0.25, 0.3) is 49.0 Å². The molecule has 0 spiro atoms. The molecular weight excluding hydrogens is 498 g/mol. The number of rotatable bonds is 2. The van der Waals surface area contributed by atoms with Crippen LogP contribution < -0.4 is 4.74 Å². The molecule has 41 heavy (non-hydrogen) atoms. The number of hydrogen-bond acceptors (Lipinski definition) is 1. The molecule has 1 aromatic heterocycles. The number of aromatic nitrogens is 1. The van der Waals surface area contributed by atoms with Crippen LogP contribution in [-0.4, -0.2) is 4.57 Å². The molecule has 2 heterocycles. The van der Waals surface area contributed by atoms with Crippen LogP contribution in [0.4, 0.5) is 0 Å². The Morgan fingerprint density at radius 2 is 0.951 bits per heavy atom. The van der Waals surface area contributed by atoms with Gasteiger partial charge in [0, 0.05) is 33.5 Å². The van der Waals surface area contributed by atoms with Gasteiger partial charge in [-0.25, -0.2) is 0 Å². The maximum Gasteiger partial charge on any atom is 0.132 e. The summed E-state index contributed by atoms with van der Waals surface area (Å²) >= 11 is 0. The number of para-hydroxylation sites is 2. The zero-order valence-corrected chi connectivity index (χ0v) is 22.3. The Balaban J connectivity index is 1.37. The average molecular weight is 524 g/mol. The topological polar surface area (TPSA) is 14.2 Å². The summed E-state index contributed by atoms with van der Waals surface area (Å²) in [5.41, 5.74) is 7.31. The molecular formula is C39H25NO. The minimum Gasteiger partial charge on any atom is -0.457 e. The fourth-order valence-electron chi connectivity index (χ4n) is 6.97. The zero-order valence-electron chi connectivity index (χ0n) is 22.3. The van der Waals surface area contributed by atoms with Crippen molar-refractivity contribution < 1.29 is 4.74 Å². The van der Waals surface area contributed by atoms with Gasteiger partial charge in [0.2, 0.25) is 0 Å². The summed E-state index contributed by atoms with van der Waals surface area (Å²) in [7, 11) is 0. The minimum atomic E-state index is 0.0130. The van der Waals surface area contributed by atoms with E-state index in [2.05, 4.69) is 150 Å². The summed E-state index contributed by atoms with van der Waals surface area (Å²) in [5.74, 6) is 1.87. The van der Waals surface area contributed by atoms with E-state index in [0.717, 1.165) is 17.2 Å². The predicted octanol–water partition coefficient (Wildman–Crippen LogP) is 10.4. The van der Waals surface area contributed by atoms with Crippen molar-refractivity contribution in [3.63, 3.8) is 0 Å². The Bertz CT molecular complexity index is 2170. The third-order valence-electron chi connectivity index (χ3n) is 8.70. The number of fused-ring (bicyclic) bond motifs is 9. The van der Waals surface area contributed by atoms with Crippen molar-refractivity contribution in [1.82, 2.24) is 4.57 Å². The quantitative estimate of drug-likeness (QED) is 0.220. The fourth-order valence-corrected chi connectivity index (χ4v) is 6.97.